The van der Waals surface area contributed by atoms with Gasteiger partial charge in [0.05, 0.1) is 17.0 Å². The minimum atomic E-state index is -3.05. The highest BCUT2D eigenvalue weighted by Crippen LogP contribution is 2.24. The van der Waals surface area contributed by atoms with Crippen LogP contribution in [-0.2, 0) is 16.4 Å². The molecule has 0 atom stereocenters. The average Bonchev–Trinajstić information content (AvgIpc) is 2.48. The number of sulfone groups is 1. The van der Waals surface area contributed by atoms with Gasteiger partial charge in [-0.1, -0.05) is 22.0 Å². The summed E-state index contributed by atoms with van der Waals surface area (Å²) < 4.78 is 24.7. The zero-order chi connectivity index (χ0) is 18.0. The molecule has 1 aliphatic heterocycles. The second kappa shape index (κ2) is 9.03. The normalized spacial score (nSPS) is 19.2. The Bertz CT molecular complexity index is 735. The first-order valence-electron chi connectivity index (χ1n) is 8.17. The zero-order valence-electron chi connectivity index (χ0n) is 15.2. The van der Waals surface area contributed by atoms with E-state index in [-0.39, 0.29) is 29.7 Å². The lowest BCUT2D eigenvalue weighted by molar-refractivity contribution is 0.353. The molecule has 5 nitrogen and oxygen atoms in total. The van der Waals surface area contributed by atoms with E-state index in [1.807, 2.05) is 13.0 Å². The Labute approximate surface area is 176 Å². The van der Waals surface area contributed by atoms with Crippen molar-refractivity contribution in [1.82, 2.24) is 10.2 Å². The molecular formula is C17H27BrIN3O2S. The predicted molar refractivity (Wildman–Crippen MR) is 119 cm³/mol. The molecule has 0 unspecified atom stereocenters. The minimum Gasteiger partial charge on any atom is -0.357 e. The lowest BCUT2D eigenvalue weighted by atomic mass is 10.1. The summed E-state index contributed by atoms with van der Waals surface area (Å²) in [5, 5.41) is 3.29. The highest BCUT2D eigenvalue weighted by Gasteiger charge is 2.40. The van der Waals surface area contributed by atoms with Gasteiger partial charge in [0.15, 0.2) is 15.8 Å². The molecule has 0 amide bonds. The predicted octanol–water partition coefficient (Wildman–Crippen LogP) is 3.35. The molecule has 0 bridgehead atoms. The summed E-state index contributed by atoms with van der Waals surface area (Å²) in [4.78, 5) is 6.79. The van der Waals surface area contributed by atoms with Crippen molar-refractivity contribution in [2.75, 3.05) is 25.4 Å². The summed E-state index contributed by atoms with van der Waals surface area (Å²) in [5.41, 5.74) is 2.35. The average molecular weight is 544 g/mol. The monoisotopic (exact) mass is 543 g/mol. The van der Waals surface area contributed by atoms with Gasteiger partial charge in [0.25, 0.3) is 0 Å². The maximum atomic E-state index is 12.2. The van der Waals surface area contributed by atoms with Crippen molar-refractivity contribution in [3.8, 4) is 0 Å². The van der Waals surface area contributed by atoms with Crippen molar-refractivity contribution in [3.05, 3.63) is 33.8 Å². The molecule has 0 radical (unpaired) electrons. The summed E-state index contributed by atoms with van der Waals surface area (Å²) in [7, 11) is -3.05. The van der Waals surface area contributed by atoms with Gasteiger partial charge in [0, 0.05) is 24.1 Å². The molecule has 0 aromatic heterocycles. The molecule has 1 aromatic carbocycles. The number of aryl methyl sites for hydroxylation is 1. The number of nitrogens with zero attached hydrogens (tertiary/aromatic N) is 2. The fourth-order valence-corrected chi connectivity index (χ4v) is 4.59. The highest BCUT2D eigenvalue weighted by atomic mass is 127. The maximum absolute atomic E-state index is 12.2. The van der Waals surface area contributed by atoms with Crippen LogP contribution in [0, 0.1) is 6.92 Å². The molecule has 8 heteroatoms. The molecule has 142 valence electrons. The van der Waals surface area contributed by atoms with Crippen LogP contribution in [0.2, 0.25) is 0 Å². The topological polar surface area (TPSA) is 61.8 Å². The zero-order valence-corrected chi connectivity index (χ0v) is 19.9. The fourth-order valence-electron chi connectivity index (χ4n) is 2.75. The van der Waals surface area contributed by atoms with Gasteiger partial charge in [-0.2, -0.15) is 0 Å². The number of benzene rings is 1. The number of aliphatic imine (C=N–C) groups is 1. The molecule has 1 fully saturated rings. The molecule has 0 saturated carbocycles. The van der Waals surface area contributed by atoms with Crippen molar-refractivity contribution < 1.29 is 8.42 Å². The Kier molecular flexibility index (Phi) is 8.20. The van der Waals surface area contributed by atoms with Gasteiger partial charge in [-0.3, -0.25) is 0 Å². The highest BCUT2D eigenvalue weighted by molar-refractivity contribution is 14.0. The van der Waals surface area contributed by atoms with Crippen molar-refractivity contribution >= 4 is 55.7 Å². The van der Waals surface area contributed by atoms with Gasteiger partial charge in [0.1, 0.15) is 0 Å². The summed E-state index contributed by atoms with van der Waals surface area (Å²) in [6.07, 6.45) is 0. The van der Waals surface area contributed by atoms with Crippen LogP contribution in [0.25, 0.3) is 0 Å². The van der Waals surface area contributed by atoms with Gasteiger partial charge < -0.3 is 10.2 Å². The van der Waals surface area contributed by atoms with E-state index in [1.165, 1.54) is 5.56 Å². The Balaban J connectivity index is 0.00000312. The van der Waals surface area contributed by atoms with Crippen LogP contribution < -0.4 is 5.32 Å². The van der Waals surface area contributed by atoms with Crippen LogP contribution in [0.5, 0.6) is 0 Å². The first-order valence-corrected chi connectivity index (χ1v) is 10.6. The lowest BCUT2D eigenvalue weighted by Crippen LogP contribution is -2.57. The van der Waals surface area contributed by atoms with E-state index >= 15 is 0 Å². The van der Waals surface area contributed by atoms with Crippen molar-refractivity contribution in [2.24, 2.45) is 4.99 Å². The van der Waals surface area contributed by atoms with E-state index in [2.05, 4.69) is 45.2 Å². The van der Waals surface area contributed by atoms with Crippen LogP contribution in [0.3, 0.4) is 0 Å². The quantitative estimate of drug-likeness (QED) is 0.361. The van der Waals surface area contributed by atoms with E-state index in [0.717, 1.165) is 22.5 Å². The largest absolute Gasteiger partial charge is 0.357 e. The van der Waals surface area contributed by atoms with Gasteiger partial charge >= 0.3 is 0 Å². The summed E-state index contributed by atoms with van der Waals surface area (Å²) >= 11 is 3.47. The Morgan fingerprint density at radius 2 is 2.08 bits per heavy atom. The lowest BCUT2D eigenvalue weighted by Gasteiger charge is -2.39. The number of hydrogen-bond acceptors (Lipinski definition) is 3. The third-order valence-corrected chi connectivity index (χ3v) is 7.41. The van der Waals surface area contributed by atoms with Crippen molar-refractivity contribution in [1.29, 1.82) is 0 Å². The molecule has 25 heavy (non-hydrogen) atoms. The summed E-state index contributed by atoms with van der Waals surface area (Å²) in [6, 6.07) is 6.16. The molecule has 2 rings (SSSR count). The van der Waals surface area contributed by atoms with Gasteiger partial charge in [-0.05, 0) is 51.0 Å². The van der Waals surface area contributed by atoms with Gasteiger partial charge in [-0.15, -0.1) is 24.0 Å². The third-order valence-electron chi connectivity index (χ3n) is 4.38. The maximum Gasteiger partial charge on any atom is 0.194 e. The second-order valence-corrected chi connectivity index (χ2v) is 10.4. The fraction of sp³-hybridized carbons (Fsp3) is 0.588. The van der Waals surface area contributed by atoms with Crippen molar-refractivity contribution in [2.45, 2.75) is 39.0 Å². The molecule has 1 N–H and O–H groups in total. The molecule has 1 heterocycles. The van der Waals surface area contributed by atoms with Crippen LogP contribution in [0.4, 0.5) is 0 Å². The number of hydrogen-bond donors (Lipinski definition) is 1. The summed E-state index contributed by atoms with van der Waals surface area (Å²) in [5.74, 6) is 0.949. The third kappa shape index (κ3) is 5.56. The Morgan fingerprint density at radius 3 is 2.64 bits per heavy atom. The number of guanidine groups is 1. The van der Waals surface area contributed by atoms with E-state index in [9.17, 15) is 8.42 Å². The Morgan fingerprint density at radius 1 is 1.40 bits per heavy atom. The first kappa shape index (κ1) is 22.7. The second-order valence-electron chi connectivity index (χ2n) is 6.74. The van der Waals surface area contributed by atoms with E-state index in [1.54, 1.807) is 13.8 Å². The van der Waals surface area contributed by atoms with E-state index in [0.29, 0.717) is 19.6 Å². The van der Waals surface area contributed by atoms with Crippen molar-refractivity contribution in [3.63, 3.8) is 0 Å². The SMILES string of the molecule is CCNC(=NCc1ccc(Br)cc1C)N1CCS(=O)(=O)C(C)(C)C1.I. The molecule has 1 aliphatic rings. The summed E-state index contributed by atoms with van der Waals surface area (Å²) in [6.45, 7) is 9.93. The van der Waals surface area contributed by atoms with E-state index < -0.39 is 14.6 Å². The van der Waals surface area contributed by atoms with Gasteiger partial charge in [-0.25, -0.2) is 13.4 Å². The van der Waals surface area contributed by atoms with Crippen LogP contribution in [0.15, 0.2) is 27.7 Å². The Hall–Kier alpha value is -0.350. The molecule has 0 aliphatic carbocycles. The molecule has 1 saturated heterocycles. The molecule has 0 spiro atoms. The first-order chi connectivity index (χ1) is 11.2. The van der Waals surface area contributed by atoms with Crippen LogP contribution in [-0.4, -0.2) is 49.4 Å². The standard InChI is InChI=1S/C17H26BrN3O2S.HI/c1-5-19-16(20-11-14-6-7-15(18)10-13(14)2)21-8-9-24(22,23)17(3,4)12-21;/h6-7,10H,5,8-9,11-12H2,1-4H3,(H,19,20);1H. The molecule has 1 aromatic rings. The van der Waals surface area contributed by atoms with Gasteiger partial charge in [0.2, 0.25) is 0 Å². The minimum absolute atomic E-state index is 0. The number of rotatable bonds is 3. The number of halogens is 2. The number of nitrogens with one attached hydrogen (secondary N) is 1. The molecular weight excluding hydrogens is 517 g/mol. The van der Waals surface area contributed by atoms with Crippen LogP contribution >= 0.6 is 39.9 Å². The van der Waals surface area contributed by atoms with Crippen LogP contribution in [0.1, 0.15) is 31.9 Å². The van der Waals surface area contributed by atoms with E-state index in [4.69, 9.17) is 4.99 Å². The smallest absolute Gasteiger partial charge is 0.194 e.